The van der Waals surface area contributed by atoms with Crippen LogP contribution in [0.15, 0.2) is 48.5 Å². The molecule has 0 saturated carbocycles. The molecule has 2 nitrogen and oxygen atoms in total. The minimum Gasteiger partial charge on any atom is -0.378 e. The zero-order valence-corrected chi connectivity index (χ0v) is 12.4. The van der Waals surface area contributed by atoms with Gasteiger partial charge < -0.3 is 10.2 Å². The predicted molar refractivity (Wildman–Crippen MR) is 91.3 cm³/mol. The second-order valence-corrected chi connectivity index (χ2v) is 5.46. The lowest BCUT2D eigenvalue weighted by Crippen LogP contribution is -2.08. The molecule has 0 atom stereocenters. The summed E-state index contributed by atoms with van der Waals surface area (Å²) >= 11 is 5.44. The molecule has 0 amide bonds. The summed E-state index contributed by atoms with van der Waals surface area (Å²) in [6.07, 6.45) is 2.15. The normalized spacial score (nSPS) is 15.1. The number of nitrogens with zero attached hydrogens (tertiary/aromatic N) is 1. The largest absolute Gasteiger partial charge is 0.378 e. The molecule has 20 heavy (non-hydrogen) atoms. The van der Waals surface area contributed by atoms with Gasteiger partial charge in [-0.3, -0.25) is 0 Å². The third-order valence-electron chi connectivity index (χ3n) is 3.41. The first-order chi connectivity index (χ1) is 9.65. The number of thiocarbonyl (C=S) groups is 1. The van der Waals surface area contributed by atoms with Crippen molar-refractivity contribution >= 4 is 40.2 Å². The van der Waals surface area contributed by atoms with Crippen molar-refractivity contribution in [3.05, 3.63) is 59.7 Å². The fraction of sp³-hybridized carbons (Fsp3) is 0.118. The smallest absolute Gasteiger partial charge is 0.111 e. The van der Waals surface area contributed by atoms with Gasteiger partial charge in [0, 0.05) is 36.6 Å². The maximum atomic E-state index is 5.44. The van der Waals surface area contributed by atoms with Crippen LogP contribution in [0, 0.1) is 0 Å². The molecule has 1 heterocycles. The van der Waals surface area contributed by atoms with Gasteiger partial charge in [0.05, 0.1) is 0 Å². The average Bonchev–Trinajstić information content (AvgIpc) is 2.76. The van der Waals surface area contributed by atoms with E-state index in [1.54, 1.807) is 0 Å². The summed E-state index contributed by atoms with van der Waals surface area (Å²) in [5.74, 6) is 0. The molecule has 0 aromatic heterocycles. The Balaban J connectivity index is 2.04. The maximum absolute atomic E-state index is 5.44. The van der Waals surface area contributed by atoms with E-state index >= 15 is 0 Å². The van der Waals surface area contributed by atoms with E-state index in [4.69, 9.17) is 12.2 Å². The molecule has 0 fully saturated rings. The van der Waals surface area contributed by atoms with Crippen LogP contribution in [-0.4, -0.2) is 19.1 Å². The van der Waals surface area contributed by atoms with Crippen molar-refractivity contribution in [2.75, 3.05) is 24.3 Å². The van der Waals surface area contributed by atoms with Gasteiger partial charge in [-0.25, -0.2) is 0 Å². The van der Waals surface area contributed by atoms with Crippen LogP contribution in [-0.2, 0) is 0 Å². The Morgan fingerprint density at radius 1 is 1.05 bits per heavy atom. The lowest BCUT2D eigenvalue weighted by molar-refractivity contribution is 1.13. The first kappa shape index (κ1) is 12.9. The zero-order chi connectivity index (χ0) is 14.1. The molecular formula is C17H16N2S. The van der Waals surface area contributed by atoms with Crippen molar-refractivity contribution in [2.24, 2.45) is 0 Å². The van der Waals surface area contributed by atoms with Gasteiger partial charge in [-0.15, -0.1) is 0 Å². The van der Waals surface area contributed by atoms with Crippen LogP contribution in [0.3, 0.4) is 0 Å². The minimum absolute atomic E-state index is 0.793. The lowest BCUT2D eigenvalue weighted by atomic mass is 10.0. The fourth-order valence-electron chi connectivity index (χ4n) is 2.34. The van der Waals surface area contributed by atoms with Crippen LogP contribution in [0.4, 0.5) is 11.4 Å². The SMILES string of the molecule is CN(C)c1cccc(/C=C2\C(=S)Nc3ccccc32)c1. The molecule has 3 rings (SSSR count). The van der Waals surface area contributed by atoms with E-state index in [0.717, 1.165) is 21.8 Å². The molecule has 0 bridgehead atoms. The molecule has 3 heteroatoms. The van der Waals surface area contributed by atoms with Gasteiger partial charge in [0.2, 0.25) is 0 Å². The zero-order valence-electron chi connectivity index (χ0n) is 11.6. The monoisotopic (exact) mass is 280 g/mol. The Kier molecular flexibility index (Phi) is 3.28. The number of fused-ring (bicyclic) bond motifs is 1. The Hall–Kier alpha value is -2.13. The van der Waals surface area contributed by atoms with Gasteiger partial charge in [-0.05, 0) is 29.8 Å². The molecule has 2 aromatic carbocycles. The predicted octanol–water partition coefficient (Wildman–Crippen LogP) is 4.05. The van der Waals surface area contributed by atoms with Gasteiger partial charge in [0.1, 0.15) is 4.99 Å². The minimum atomic E-state index is 0.793. The quantitative estimate of drug-likeness (QED) is 0.660. The maximum Gasteiger partial charge on any atom is 0.111 e. The lowest BCUT2D eigenvalue weighted by Gasteiger charge is -2.12. The van der Waals surface area contributed by atoms with E-state index in [-0.39, 0.29) is 0 Å². The van der Waals surface area contributed by atoms with E-state index in [0.29, 0.717) is 0 Å². The highest BCUT2D eigenvalue weighted by atomic mass is 32.1. The van der Waals surface area contributed by atoms with Crippen LogP contribution >= 0.6 is 12.2 Å². The first-order valence-corrected chi connectivity index (χ1v) is 6.96. The number of para-hydroxylation sites is 1. The number of benzene rings is 2. The Morgan fingerprint density at radius 3 is 2.65 bits per heavy atom. The highest BCUT2D eigenvalue weighted by Gasteiger charge is 2.19. The summed E-state index contributed by atoms with van der Waals surface area (Å²) in [6.45, 7) is 0. The standard InChI is InChI=1S/C17H16N2S/c1-19(2)13-7-5-6-12(10-13)11-15-14-8-3-4-9-16(14)18-17(15)20/h3-11H,1-2H3,(H,18,20)/b15-11-. The van der Waals surface area contributed by atoms with E-state index in [2.05, 4.69) is 52.7 Å². The Bertz CT molecular complexity index is 702. The van der Waals surface area contributed by atoms with Gasteiger partial charge in [-0.1, -0.05) is 42.5 Å². The second kappa shape index (κ2) is 5.10. The third kappa shape index (κ3) is 2.32. The number of anilines is 2. The molecule has 2 aromatic rings. The van der Waals surface area contributed by atoms with Crippen LogP contribution in [0.2, 0.25) is 0 Å². The topological polar surface area (TPSA) is 15.3 Å². The second-order valence-electron chi connectivity index (χ2n) is 5.05. The summed E-state index contributed by atoms with van der Waals surface area (Å²) in [7, 11) is 4.09. The number of hydrogen-bond acceptors (Lipinski definition) is 2. The number of rotatable bonds is 2. The highest BCUT2D eigenvalue weighted by Crippen LogP contribution is 2.33. The van der Waals surface area contributed by atoms with Gasteiger partial charge in [0.15, 0.2) is 0 Å². The summed E-state index contributed by atoms with van der Waals surface area (Å²) in [5.41, 5.74) is 5.70. The van der Waals surface area contributed by atoms with Crippen LogP contribution in [0.5, 0.6) is 0 Å². The molecule has 1 aliphatic rings. The third-order valence-corrected chi connectivity index (χ3v) is 3.73. The van der Waals surface area contributed by atoms with E-state index < -0.39 is 0 Å². The van der Waals surface area contributed by atoms with E-state index in [9.17, 15) is 0 Å². The summed E-state index contributed by atoms with van der Waals surface area (Å²) in [5, 5.41) is 3.26. The summed E-state index contributed by atoms with van der Waals surface area (Å²) in [4.78, 5) is 2.89. The van der Waals surface area contributed by atoms with Gasteiger partial charge in [0.25, 0.3) is 0 Å². The first-order valence-electron chi connectivity index (χ1n) is 6.55. The van der Waals surface area contributed by atoms with Gasteiger partial charge >= 0.3 is 0 Å². The molecule has 0 radical (unpaired) electrons. The van der Waals surface area contributed by atoms with Gasteiger partial charge in [-0.2, -0.15) is 0 Å². The molecule has 1 aliphatic heterocycles. The van der Waals surface area contributed by atoms with Crippen LogP contribution < -0.4 is 10.2 Å². The fourth-order valence-corrected chi connectivity index (χ4v) is 2.62. The Morgan fingerprint density at radius 2 is 1.85 bits per heavy atom. The molecule has 100 valence electrons. The number of nitrogens with one attached hydrogen (secondary N) is 1. The van der Waals surface area contributed by atoms with Crippen molar-refractivity contribution < 1.29 is 0 Å². The molecule has 0 spiro atoms. The van der Waals surface area contributed by atoms with Crippen LogP contribution in [0.1, 0.15) is 11.1 Å². The molecule has 0 saturated heterocycles. The van der Waals surface area contributed by atoms with E-state index in [1.807, 2.05) is 26.2 Å². The molecule has 0 unspecified atom stereocenters. The van der Waals surface area contributed by atoms with Crippen LogP contribution in [0.25, 0.3) is 11.6 Å². The van der Waals surface area contributed by atoms with Crippen molar-refractivity contribution in [1.29, 1.82) is 0 Å². The summed E-state index contributed by atoms with van der Waals surface area (Å²) in [6, 6.07) is 16.6. The van der Waals surface area contributed by atoms with E-state index in [1.165, 1.54) is 11.3 Å². The molecule has 1 N–H and O–H groups in total. The van der Waals surface area contributed by atoms with Crippen molar-refractivity contribution in [3.63, 3.8) is 0 Å². The average molecular weight is 280 g/mol. The highest BCUT2D eigenvalue weighted by molar-refractivity contribution is 7.81. The Labute approximate surface area is 124 Å². The summed E-state index contributed by atoms with van der Waals surface area (Å²) < 4.78 is 0. The number of hydrogen-bond donors (Lipinski definition) is 1. The van der Waals surface area contributed by atoms with Crippen molar-refractivity contribution in [3.8, 4) is 0 Å². The van der Waals surface area contributed by atoms with Crippen molar-refractivity contribution in [1.82, 2.24) is 0 Å². The van der Waals surface area contributed by atoms with Crippen molar-refractivity contribution in [2.45, 2.75) is 0 Å². The molecular weight excluding hydrogens is 264 g/mol. The molecule has 0 aliphatic carbocycles.